The third-order valence-corrected chi connectivity index (χ3v) is 4.97. The Balaban J connectivity index is 2.09. The Hall–Kier alpha value is -0.300. The zero-order chi connectivity index (χ0) is 12.1. The summed E-state index contributed by atoms with van der Waals surface area (Å²) < 4.78 is 0. The highest BCUT2D eigenvalue weighted by Gasteiger charge is 2.22. The van der Waals surface area contributed by atoms with Crippen LogP contribution in [-0.2, 0) is 6.42 Å². The number of aryl methyl sites for hydroxylation is 1. The quantitative estimate of drug-likeness (QED) is 0.514. The topological polar surface area (TPSA) is 0 Å². The Bertz CT molecular complexity index is 328. The van der Waals surface area contributed by atoms with Gasteiger partial charge in [0.15, 0.2) is 0 Å². The van der Waals surface area contributed by atoms with Crippen LogP contribution in [0.2, 0.25) is 0 Å². The first-order valence-electron chi connectivity index (χ1n) is 7.04. The Morgan fingerprint density at radius 3 is 2.47 bits per heavy atom. The van der Waals surface area contributed by atoms with Crippen LogP contribution in [0, 0.1) is 0 Å². The van der Waals surface area contributed by atoms with Gasteiger partial charge in [-0.1, -0.05) is 72.8 Å². The van der Waals surface area contributed by atoms with Crippen molar-refractivity contribution in [2.24, 2.45) is 0 Å². The number of hydrogen-bond donors (Lipinski definition) is 0. The minimum Gasteiger partial charge on any atom is -0.0884 e. The average molecular weight is 295 g/mol. The van der Waals surface area contributed by atoms with Crippen molar-refractivity contribution in [3.05, 3.63) is 35.4 Å². The van der Waals surface area contributed by atoms with E-state index in [4.69, 9.17) is 0 Å². The van der Waals surface area contributed by atoms with Crippen molar-refractivity contribution >= 4 is 15.9 Å². The fourth-order valence-corrected chi connectivity index (χ4v) is 3.75. The van der Waals surface area contributed by atoms with Gasteiger partial charge in [-0.15, -0.1) is 0 Å². The van der Waals surface area contributed by atoms with Crippen molar-refractivity contribution in [1.82, 2.24) is 0 Å². The Labute approximate surface area is 114 Å². The summed E-state index contributed by atoms with van der Waals surface area (Å²) in [5.74, 6) is 0.730. The van der Waals surface area contributed by atoms with Crippen molar-refractivity contribution in [3.8, 4) is 0 Å². The lowest BCUT2D eigenvalue weighted by Gasteiger charge is -2.20. The molecule has 1 fully saturated rings. The van der Waals surface area contributed by atoms with E-state index in [2.05, 4.69) is 47.1 Å². The van der Waals surface area contributed by atoms with Crippen molar-refractivity contribution < 1.29 is 0 Å². The number of halogens is 1. The van der Waals surface area contributed by atoms with Gasteiger partial charge in [-0.3, -0.25) is 0 Å². The molecular formula is C16H23Br. The maximum Gasteiger partial charge on any atom is 0.0214 e. The molecule has 0 aromatic heterocycles. The van der Waals surface area contributed by atoms with Crippen molar-refractivity contribution in [1.29, 1.82) is 0 Å². The molecule has 17 heavy (non-hydrogen) atoms. The highest BCUT2D eigenvalue weighted by Crippen LogP contribution is 2.36. The molecule has 1 aliphatic carbocycles. The van der Waals surface area contributed by atoms with Crippen LogP contribution < -0.4 is 0 Å². The fourth-order valence-electron chi connectivity index (χ4n) is 2.86. The van der Waals surface area contributed by atoms with Crippen molar-refractivity contribution in [2.45, 2.75) is 62.6 Å². The molecule has 0 radical (unpaired) electrons. The fraction of sp³-hybridized carbons (Fsp3) is 0.625. The summed E-state index contributed by atoms with van der Waals surface area (Å²) >= 11 is 3.89. The first kappa shape index (κ1) is 13.1. The Morgan fingerprint density at radius 2 is 1.76 bits per heavy atom. The minimum absolute atomic E-state index is 0.682. The van der Waals surface area contributed by atoms with Crippen molar-refractivity contribution in [2.75, 3.05) is 0 Å². The van der Waals surface area contributed by atoms with E-state index < -0.39 is 0 Å². The summed E-state index contributed by atoms with van der Waals surface area (Å²) in [5, 5.41) is 0. The largest absolute Gasteiger partial charge is 0.0884 e. The molecule has 2 atom stereocenters. The van der Waals surface area contributed by atoms with E-state index in [1.807, 2.05) is 0 Å². The lowest BCUT2D eigenvalue weighted by Crippen LogP contribution is -2.10. The molecule has 0 aliphatic heterocycles. The lowest BCUT2D eigenvalue weighted by atomic mass is 9.91. The highest BCUT2D eigenvalue weighted by atomic mass is 79.9. The van der Waals surface area contributed by atoms with E-state index in [9.17, 15) is 0 Å². The van der Waals surface area contributed by atoms with Crippen LogP contribution in [0.1, 0.15) is 62.5 Å². The van der Waals surface area contributed by atoms with Gasteiger partial charge in [0.2, 0.25) is 0 Å². The molecule has 0 bridgehead atoms. The first-order chi connectivity index (χ1) is 8.31. The minimum atomic E-state index is 0.682. The second-order valence-corrected chi connectivity index (χ2v) is 6.43. The molecule has 0 spiro atoms. The van der Waals surface area contributed by atoms with Gasteiger partial charge in [0.05, 0.1) is 0 Å². The SMILES string of the molecule is CCCc1ccc(C2CCCCCC2Br)cc1. The van der Waals surface area contributed by atoms with E-state index in [1.54, 1.807) is 0 Å². The number of benzene rings is 1. The number of alkyl halides is 1. The van der Waals surface area contributed by atoms with E-state index in [0.29, 0.717) is 4.83 Å². The lowest BCUT2D eigenvalue weighted by molar-refractivity contribution is 0.612. The first-order valence-corrected chi connectivity index (χ1v) is 7.95. The third kappa shape index (κ3) is 3.58. The van der Waals surface area contributed by atoms with E-state index in [0.717, 1.165) is 5.92 Å². The van der Waals surface area contributed by atoms with Crippen LogP contribution in [0.25, 0.3) is 0 Å². The predicted molar refractivity (Wildman–Crippen MR) is 79.0 cm³/mol. The van der Waals surface area contributed by atoms with Crippen LogP contribution in [0.4, 0.5) is 0 Å². The van der Waals surface area contributed by atoms with Gasteiger partial charge in [0, 0.05) is 4.83 Å². The van der Waals surface area contributed by atoms with Crippen LogP contribution in [-0.4, -0.2) is 4.83 Å². The standard InChI is InChI=1S/C16H23Br/c1-2-6-13-9-11-14(12-10-13)15-7-4-3-5-8-16(15)17/h9-12,15-16H,2-8H2,1H3. The maximum absolute atomic E-state index is 3.89. The van der Waals surface area contributed by atoms with Gasteiger partial charge in [-0.2, -0.15) is 0 Å². The molecule has 1 aromatic rings. The van der Waals surface area contributed by atoms with Gasteiger partial charge in [-0.25, -0.2) is 0 Å². The normalized spacial score (nSPS) is 25.5. The van der Waals surface area contributed by atoms with Gasteiger partial charge in [0.1, 0.15) is 0 Å². The zero-order valence-corrected chi connectivity index (χ0v) is 12.4. The molecule has 0 nitrogen and oxygen atoms in total. The van der Waals surface area contributed by atoms with Gasteiger partial charge in [0.25, 0.3) is 0 Å². The van der Waals surface area contributed by atoms with Gasteiger partial charge >= 0.3 is 0 Å². The molecule has 1 aromatic carbocycles. The van der Waals surface area contributed by atoms with Crippen LogP contribution in [0.3, 0.4) is 0 Å². The van der Waals surface area contributed by atoms with E-state index in [-0.39, 0.29) is 0 Å². The molecule has 2 rings (SSSR count). The highest BCUT2D eigenvalue weighted by molar-refractivity contribution is 9.09. The summed E-state index contributed by atoms with van der Waals surface area (Å²) in [6, 6.07) is 9.36. The molecule has 1 aliphatic rings. The smallest absolute Gasteiger partial charge is 0.0214 e. The summed E-state index contributed by atoms with van der Waals surface area (Å²) in [7, 11) is 0. The summed E-state index contributed by atoms with van der Waals surface area (Å²) in [5.41, 5.74) is 3.02. The number of hydrogen-bond acceptors (Lipinski definition) is 0. The molecule has 0 N–H and O–H groups in total. The summed E-state index contributed by atoms with van der Waals surface area (Å²) in [6.45, 7) is 2.24. The molecule has 1 heteroatoms. The maximum atomic E-state index is 3.89. The van der Waals surface area contributed by atoms with Crippen LogP contribution >= 0.6 is 15.9 Å². The van der Waals surface area contributed by atoms with Crippen LogP contribution in [0.15, 0.2) is 24.3 Å². The predicted octanol–water partition coefficient (Wildman–Crippen LogP) is 5.45. The summed E-state index contributed by atoms with van der Waals surface area (Å²) in [6.07, 6.45) is 9.33. The number of rotatable bonds is 3. The van der Waals surface area contributed by atoms with E-state index in [1.165, 1.54) is 56.1 Å². The zero-order valence-electron chi connectivity index (χ0n) is 10.8. The molecule has 0 saturated heterocycles. The molecule has 0 amide bonds. The second kappa shape index (κ2) is 6.58. The van der Waals surface area contributed by atoms with Gasteiger partial charge < -0.3 is 0 Å². The average Bonchev–Trinajstić information content (AvgIpc) is 2.56. The molecular weight excluding hydrogens is 272 g/mol. The van der Waals surface area contributed by atoms with Crippen molar-refractivity contribution in [3.63, 3.8) is 0 Å². The monoisotopic (exact) mass is 294 g/mol. The van der Waals surface area contributed by atoms with E-state index >= 15 is 0 Å². The Morgan fingerprint density at radius 1 is 1.06 bits per heavy atom. The van der Waals surface area contributed by atoms with Gasteiger partial charge in [-0.05, 0) is 36.3 Å². The molecule has 2 unspecified atom stereocenters. The summed E-state index contributed by atoms with van der Waals surface area (Å²) in [4.78, 5) is 0.682. The molecule has 94 valence electrons. The molecule has 1 saturated carbocycles. The third-order valence-electron chi connectivity index (χ3n) is 3.88. The second-order valence-electron chi connectivity index (χ2n) is 5.25. The van der Waals surface area contributed by atoms with Crippen LogP contribution in [0.5, 0.6) is 0 Å². The Kier molecular flexibility index (Phi) is 5.09. The molecule has 0 heterocycles.